The molecule has 134 valence electrons. The predicted molar refractivity (Wildman–Crippen MR) is 105 cm³/mol. The fraction of sp³-hybridized carbons (Fsp3) is 0.812. The van der Waals surface area contributed by atoms with E-state index in [1.807, 2.05) is 6.92 Å². The van der Waals surface area contributed by atoms with Gasteiger partial charge in [-0.1, -0.05) is 45.2 Å². The van der Waals surface area contributed by atoms with Crippen LogP contribution in [-0.4, -0.2) is 36.2 Å². The van der Waals surface area contributed by atoms with Crippen LogP contribution in [0.25, 0.3) is 0 Å². The zero-order chi connectivity index (χ0) is 16.4. The molecule has 23 heavy (non-hydrogen) atoms. The number of aliphatic imine (C=N–C) groups is 1. The maximum Gasteiger partial charge on any atom is 0.228 e. The van der Waals surface area contributed by atoms with Crippen molar-refractivity contribution in [3.05, 3.63) is 11.7 Å². The van der Waals surface area contributed by atoms with E-state index in [4.69, 9.17) is 4.52 Å². The predicted octanol–water partition coefficient (Wildman–Crippen LogP) is 3.31. The summed E-state index contributed by atoms with van der Waals surface area (Å²) in [7, 11) is 1.79. The van der Waals surface area contributed by atoms with Gasteiger partial charge in [0.1, 0.15) is 0 Å². The molecule has 1 rings (SSSR count). The number of unbranched alkanes of at least 4 members (excludes halogenated alkanes) is 2. The summed E-state index contributed by atoms with van der Waals surface area (Å²) in [4.78, 5) is 8.43. The quantitative estimate of drug-likeness (QED) is 0.268. The SMILES string of the molecule is CCCCCC(C)(C)CNC(=NC)NCCc1nc(C)no1.I. The van der Waals surface area contributed by atoms with E-state index in [9.17, 15) is 0 Å². The Hall–Kier alpha value is -0.860. The fourth-order valence-electron chi connectivity index (χ4n) is 2.21. The summed E-state index contributed by atoms with van der Waals surface area (Å²) in [6.07, 6.45) is 5.78. The largest absolute Gasteiger partial charge is 0.356 e. The van der Waals surface area contributed by atoms with E-state index in [0.717, 1.165) is 19.0 Å². The molecule has 0 aromatic carbocycles. The molecular formula is C16H32IN5O. The highest BCUT2D eigenvalue weighted by molar-refractivity contribution is 14.0. The van der Waals surface area contributed by atoms with E-state index < -0.39 is 0 Å². The lowest BCUT2D eigenvalue weighted by atomic mass is 9.87. The third-order valence-electron chi connectivity index (χ3n) is 3.62. The number of aryl methyl sites for hydroxylation is 1. The Kier molecular flexibility index (Phi) is 11.2. The lowest BCUT2D eigenvalue weighted by Gasteiger charge is -2.26. The fourth-order valence-corrected chi connectivity index (χ4v) is 2.21. The van der Waals surface area contributed by atoms with Gasteiger partial charge in [0.05, 0.1) is 0 Å². The second-order valence-electron chi connectivity index (χ2n) is 6.46. The van der Waals surface area contributed by atoms with Crippen LogP contribution in [0.4, 0.5) is 0 Å². The Morgan fingerprint density at radius 2 is 2.00 bits per heavy atom. The molecule has 0 unspecified atom stereocenters. The van der Waals surface area contributed by atoms with Crippen molar-refractivity contribution in [1.82, 2.24) is 20.8 Å². The molecule has 6 nitrogen and oxygen atoms in total. The zero-order valence-electron chi connectivity index (χ0n) is 15.1. The van der Waals surface area contributed by atoms with Gasteiger partial charge in [-0.05, 0) is 18.8 Å². The van der Waals surface area contributed by atoms with Crippen molar-refractivity contribution in [2.75, 3.05) is 20.1 Å². The van der Waals surface area contributed by atoms with Crippen molar-refractivity contribution in [2.24, 2.45) is 10.4 Å². The number of nitrogens with one attached hydrogen (secondary N) is 2. The Bertz CT molecular complexity index is 459. The molecule has 1 aromatic heterocycles. The van der Waals surface area contributed by atoms with Gasteiger partial charge in [-0.3, -0.25) is 4.99 Å². The minimum Gasteiger partial charge on any atom is -0.356 e. The zero-order valence-corrected chi connectivity index (χ0v) is 17.4. The summed E-state index contributed by atoms with van der Waals surface area (Å²) < 4.78 is 5.09. The summed E-state index contributed by atoms with van der Waals surface area (Å²) in [5.41, 5.74) is 0.274. The van der Waals surface area contributed by atoms with Crippen molar-refractivity contribution >= 4 is 29.9 Å². The summed E-state index contributed by atoms with van der Waals surface area (Å²) in [6.45, 7) is 10.3. The number of halogens is 1. The highest BCUT2D eigenvalue weighted by Crippen LogP contribution is 2.22. The molecule has 0 aliphatic heterocycles. The lowest BCUT2D eigenvalue weighted by molar-refractivity contribution is 0.318. The molecule has 1 aromatic rings. The monoisotopic (exact) mass is 437 g/mol. The Morgan fingerprint density at radius 1 is 1.26 bits per heavy atom. The molecule has 1 heterocycles. The third kappa shape index (κ3) is 9.78. The first-order chi connectivity index (χ1) is 10.5. The molecule has 7 heteroatoms. The number of aromatic nitrogens is 2. The van der Waals surface area contributed by atoms with Crippen molar-refractivity contribution in [2.45, 2.75) is 59.8 Å². The third-order valence-corrected chi connectivity index (χ3v) is 3.62. The second-order valence-corrected chi connectivity index (χ2v) is 6.46. The Labute approximate surface area is 157 Å². The molecule has 2 N–H and O–H groups in total. The van der Waals surface area contributed by atoms with Gasteiger partial charge >= 0.3 is 0 Å². The lowest BCUT2D eigenvalue weighted by Crippen LogP contribution is -2.42. The first-order valence-electron chi connectivity index (χ1n) is 8.20. The van der Waals surface area contributed by atoms with Crippen LogP contribution in [0.15, 0.2) is 9.52 Å². The number of nitrogens with zero attached hydrogens (tertiary/aromatic N) is 3. The first-order valence-corrected chi connectivity index (χ1v) is 8.20. The van der Waals surface area contributed by atoms with Crippen LogP contribution < -0.4 is 10.6 Å². The highest BCUT2D eigenvalue weighted by atomic mass is 127. The molecule has 0 aliphatic rings. The van der Waals surface area contributed by atoms with Crippen molar-refractivity contribution in [3.63, 3.8) is 0 Å². The maximum atomic E-state index is 5.09. The van der Waals surface area contributed by atoms with Gasteiger partial charge in [-0.25, -0.2) is 0 Å². The van der Waals surface area contributed by atoms with Crippen LogP contribution in [0.5, 0.6) is 0 Å². The molecule has 0 atom stereocenters. The van der Waals surface area contributed by atoms with Gasteiger partial charge in [0, 0.05) is 26.6 Å². The van der Waals surface area contributed by atoms with Gasteiger partial charge in [-0.2, -0.15) is 4.98 Å². The van der Waals surface area contributed by atoms with Gasteiger partial charge < -0.3 is 15.2 Å². The highest BCUT2D eigenvalue weighted by Gasteiger charge is 2.17. The summed E-state index contributed by atoms with van der Waals surface area (Å²) >= 11 is 0. The number of hydrogen-bond donors (Lipinski definition) is 2. The van der Waals surface area contributed by atoms with E-state index >= 15 is 0 Å². The van der Waals surface area contributed by atoms with Crippen LogP contribution in [0, 0.1) is 12.3 Å². The molecule has 0 spiro atoms. The van der Waals surface area contributed by atoms with Gasteiger partial charge in [-0.15, -0.1) is 24.0 Å². The molecule has 0 aliphatic carbocycles. The van der Waals surface area contributed by atoms with Crippen LogP contribution in [0.1, 0.15) is 58.2 Å². The summed E-state index contributed by atoms with van der Waals surface area (Å²) in [5.74, 6) is 2.14. The van der Waals surface area contributed by atoms with Gasteiger partial charge in [0.25, 0.3) is 0 Å². The molecule has 0 saturated carbocycles. The van der Waals surface area contributed by atoms with E-state index in [-0.39, 0.29) is 29.4 Å². The minimum atomic E-state index is 0. The van der Waals surface area contributed by atoms with Crippen LogP contribution >= 0.6 is 24.0 Å². The number of guanidine groups is 1. The maximum absolute atomic E-state index is 5.09. The van der Waals surface area contributed by atoms with Crippen LogP contribution in [0.3, 0.4) is 0 Å². The number of rotatable bonds is 9. The minimum absolute atomic E-state index is 0. The van der Waals surface area contributed by atoms with E-state index in [2.05, 4.69) is 46.5 Å². The van der Waals surface area contributed by atoms with Gasteiger partial charge in [0.2, 0.25) is 5.89 Å². The molecule has 0 fully saturated rings. The van der Waals surface area contributed by atoms with Crippen molar-refractivity contribution in [3.8, 4) is 0 Å². The molecule has 0 amide bonds. The molecule has 0 bridgehead atoms. The van der Waals surface area contributed by atoms with E-state index in [0.29, 0.717) is 18.1 Å². The Balaban J connectivity index is 0.00000484. The first kappa shape index (κ1) is 22.1. The van der Waals surface area contributed by atoms with E-state index in [1.165, 1.54) is 25.7 Å². The topological polar surface area (TPSA) is 75.3 Å². The molecular weight excluding hydrogens is 405 g/mol. The smallest absolute Gasteiger partial charge is 0.228 e. The van der Waals surface area contributed by atoms with E-state index in [1.54, 1.807) is 7.05 Å². The van der Waals surface area contributed by atoms with Crippen LogP contribution in [-0.2, 0) is 6.42 Å². The summed E-state index contributed by atoms with van der Waals surface area (Å²) in [5, 5.41) is 10.5. The average molecular weight is 437 g/mol. The average Bonchev–Trinajstić information content (AvgIpc) is 2.88. The van der Waals surface area contributed by atoms with Gasteiger partial charge in [0.15, 0.2) is 11.8 Å². The second kappa shape index (κ2) is 11.6. The van der Waals surface area contributed by atoms with Crippen LogP contribution in [0.2, 0.25) is 0 Å². The van der Waals surface area contributed by atoms with Crippen molar-refractivity contribution in [1.29, 1.82) is 0 Å². The standard InChI is InChI=1S/C16H31N5O.HI/c1-6-7-8-10-16(3,4)12-19-15(17-5)18-11-9-14-20-13(2)21-22-14;/h6-12H2,1-5H3,(H2,17,18,19);1H. The molecule has 0 saturated heterocycles. The van der Waals surface area contributed by atoms with Crippen molar-refractivity contribution < 1.29 is 4.52 Å². The number of hydrogen-bond acceptors (Lipinski definition) is 4. The molecule has 0 radical (unpaired) electrons. The Morgan fingerprint density at radius 3 is 2.57 bits per heavy atom. The summed E-state index contributed by atoms with van der Waals surface area (Å²) in [6, 6.07) is 0. The normalized spacial score (nSPS) is 12.0.